The van der Waals surface area contributed by atoms with Crippen LogP contribution in [0.2, 0.25) is 0 Å². The third-order valence-electron chi connectivity index (χ3n) is 1.15. The number of rotatable bonds is 2. The number of pyridine rings is 1. The Bertz CT molecular complexity index is 222. The summed E-state index contributed by atoms with van der Waals surface area (Å²) in [5.41, 5.74) is -0.581. The molecule has 0 aliphatic heterocycles. The lowest BCUT2D eigenvalue weighted by atomic mass is 10.2. The van der Waals surface area contributed by atoms with Gasteiger partial charge in [-0.05, 0) is 18.2 Å². The van der Waals surface area contributed by atoms with Crippen LogP contribution in [0.1, 0.15) is 5.69 Å². The SMILES string of the molecule is FCC(F)(F)c1c[c]ccn1. The summed E-state index contributed by atoms with van der Waals surface area (Å²) in [6, 6.07) is 4.74. The molecule has 0 bridgehead atoms. The van der Waals surface area contributed by atoms with Crippen molar-refractivity contribution in [2.45, 2.75) is 5.92 Å². The number of aromatic nitrogens is 1. The van der Waals surface area contributed by atoms with Gasteiger partial charge in [0.1, 0.15) is 5.69 Å². The van der Waals surface area contributed by atoms with E-state index in [4.69, 9.17) is 0 Å². The van der Waals surface area contributed by atoms with Gasteiger partial charge < -0.3 is 0 Å². The highest BCUT2D eigenvalue weighted by atomic mass is 19.3. The van der Waals surface area contributed by atoms with Crippen LogP contribution in [0.5, 0.6) is 0 Å². The number of halogens is 3. The Balaban J connectivity index is 2.93. The van der Waals surface area contributed by atoms with Crippen LogP contribution in [-0.2, 0) is 5.92 Å². The summed E-state index contributed by atoms with van der Waals surface area (Å²) in [7, 11) is 0. The van der Waals surface area contributed by atoms with Crippen molar-refractivity contribution >= 4 is 0 Å². The van der Waals surface area contributed by atoms with Crippen molar-refractivity contribution in [3.63, 3.8) is 0 Å². The van der Waals surface area contributed by atoms with Crippen LogP contribution in [-0.4, -0.2) is 11.7 Å². The Morgan fingerprint density at radius 2 is 2.27 bits per heavy atom. The zero-order chi connectivity index (χ0) is 8.32. The second-order valence-corrected chi connectivity index (χ2v) is 1.98. The summed E-state index contributed by atoms with van der Waals surface area (Å²) < 4.78 is 36.5. The average Bonchev–Trinajstić information content (AvgIpc) is 2.06. The summed E-state index contributed by atoms with van der Waals surface area (Å²) in [5.74, 6) is -3.47. The van der Waals surface area contributed by atoms with Gasteiger partial charge in [-0.1, -0.05) is 0 Å². The Labute approximate surface area is 61.9 Å². The first kappa shape index (κ1) is 8.04. The van der Waals surface area contributed by atoms with E-state index >= 15 is 0 Å². The van der Waals surface area contributed by atoms with Crippen molar-refractivity contribution in [1.82, 2.24) is 4.98 Å². The summed E-state index contributed by atoms with van der Waals surface area (Å²) in [6.07, 6.45) is 1.15. The van der Waals surface area contributed by atoms with E-state index in [2.05, 4.69) is 11.1 Å². The Morgan fingerprint density at radius 3 is 2.73 bits per heavy atom. The molecule has 0 aromatic carbocycles. The molecule has 1 radical (unpaired) electrons. The number of nitrogens with zero attached hydrogens (tertiary/aromatic N) is 1. The highest BCUT2D eigenvalue weighted by Crippen LogP contribution is 2.25. The zero-order valence-electron chi connectivity index (χ0n) is 5.52. The van der Waals surface area contributed by atoms with E-state index in [1.807, 2.05) is 0 Å². The first-order valence-corrected chi connectivity index (χ1v) is 2.93. The van der Waals surface area contributed by atoms with Gasteiger partial charge in [0, 0.05) is 6.20 Å². The second-order valence-electron chi connectivity index (χ2n) is 1.98. The predicted octanol–water partition coefficient (Wildman–Crippen LogP) is 1.94. The molecule has 1 aromatic heterocycles. The van der Waals surface area contributed by atoms with Crippen LogP contribution in [0.25, 0.3) is 0 Å². The van der Waals surface area contributed by atoms with Gasteiger partial charge >= 0.3 is 5.92 Å². The van der Waals surface area contributed by atoms with Crippen molar-refractivity contribution in [1.29, 1.82) is 0 Å². The van der Waals surface area contributed by atoms with Gasteiger partial charge in [0.25, 0.3) is 0 Å². The van der Waals surface area contributed by atoms with Gasteiger partial charge in [0.05, 0.1) is 0 Å². The molecule has 11 heavy (non-hydrogen) atoms. The van der Waals surface area contributed by atoms with E-state index in [0.717, 1.165) is 12.3 Å². The first-order chi connectivity index (χ1) is 5.17. The minimum absolute atomic E-state index is 0.581. The molecular weight excluding hydrogens is 155 g/mol. The first-order valence-electron chi connectivity index (χ1n) is 2.93. The fourth-order valence-corrected chi connectivity index (χ4v) is 0.593. The van der Waals surface area contributed by atoms with Crippen LogP contribution in [0.15, 0.2) is 18.3 Å². The Hall–Kier alpha value is -1.06. The molecule has 0 amide bonds. The zero-order valence-corrected chi connectivity index (χ0v) is 5.52. The molecule has 0 spiro atoms. The van der Waals surface area contributed by atoms with Crippen LogP contribution in [0.4, 0.5) is 13.2 Å². The molecular formula is C7H5F3N. The highest BCUT2D eigenvalue weighted by molar-refractivity contribution is 5.08. The molecule has 0 saturated heterocycles. The Kier molecular flexibility index (Phi) is 2.12. The third kappa shape index (κ3) is 1.69. The average molecular weight is 160 g/mol. The van der Waals surface area contributed by atoms with Crippen molar-refractivity contribution in [2.75, 3.05) is 6.67 Å². The van der Waals surface area contributed by atoms with Gasteiger partial charge in [0.15, 0.2) is 6.67 Å². The normalized spacial score (nSPS) is 11.5. The van der Waals surface area contributed by atoms with Crippen molar-refractivity contribution in [3.05, 3.63) is 30.1 Å². The van der Waals surface area contributed by atoms with Crippen LogP contribution in [0.3, 0.4) is 0 Å². The maximum absolute atomic E-state index is 12.4. The van der Waals surface area contributed by atoms with Crippen LogP contribution >= 0.6 is 0 Å². The molecule has 59 valence electrons. The van der Waals surface area contributed by atoms with Gasteiger partial charge in [-0.25, -0.2) is 4.39 Å². The number of hydrogen-bond donors (Lipinski definition) is 0. The molecule has 0 N–H and O–H groups in total. The van der Waals surface area contributed by atoms with Crippen molar-refractivity contribution in [2.24, 2.45) is 0 Å². The lowest BCUT2D eigenvalue weighted by Crippen LogP contribution is -2.17. The van der Waals surface area contributed by atoms with Gasteiger partial charge in [-0.3, -0.25) is 4.98 Å². The van der Waals surface area contributed by atoms with E-state index in [1.54, 1.807) is 0 Å². The monoisotopic (exact) mass is 160 g/mol. The molecule has 0 aliphatic rings. The van der Waals surface area contributed by atoms with Gasteiger partial charge in [-0.15, -0.1) is 0 Å². The summed E-state index contributed by atoms with van der Waals surface area (Å²) >= 11 is 0. The lowest BCUT2D eigenvalue weighted by molar-refractivity contribution is -0.0321. The van der Waals surface area contributed by atoms with E-state index < -0.39 is 18.3 Å². The second kappa shape index (κ2) is 2.90. The summed E-state index contributed by atoms with van der Waals surface area (Å²) in [6.45, 7) is -1.72. The van der Waals surface area contributed by atoms with Crippen LogP contribution in [0, 0.1) is 6.07 Å². The quantitative estimate of drug-likeness (QED) is 0.644. The fraction of sp³-hybridized carbons (Fsp3) is 0.286. The number of hydrogen-bond acceptors (Lipinski definition) is 1. The third-order valence-corrected chi connectivity index (χ3v) is 1.15. The molecule has 0 atom stereocenters. The smallest absolute Gasteiger partial charge is 0.255 e. The predicted molar refractivity (Wildman–Crippen MR) is 32.9 cm³/mol. The van der Waals surface area contributed by atoms with Gasteiger partial charge in [0.2, 0.25) is 0 Å². The molecule has 0 fully saturated rings. The maximum atomic E-state index is 12.4. The minimum Gasteiger partial charge on any atom is -0.255 e. The molecule has 0 saturated carbocycles. The fourth-order valence-electron chi connectivity index (χ4n) is 0.593. The standard InChI is InChI=1S/C7H5F3N/c8-5-7(9,10)6-3-1-2-4-11-6/h2-4H,5H2. The molecule has 1 rings (SSSR count). The molecule has 0 unspecified atom stereocenters. The number of alkyl halides is 3. The molecule has 1 nitrogen and oxygen atoms in total. The van der Waals surface area contributed by atoms with Crippen LogP contribution < -0.4 is 0 Å². The minimum atomic E-state index is -3.47. The van der Waals surface area contributed by atoms with Gasteiger partial charge in [-0.2, -0.15) is 8.78 Å². The van der Waals surface area contributed by atoms with Crippen molar-refractivity contribution in [3.8, 4) is 0 Å². The largest absolute Gasteiger partial charge is 0.317 e. The molecule has 1 heterocycles. The van der Waals surface area contributed by atoms with E-state index in [9.17, 15) is 13.2 Å². The summed E-state index contributed by atoms with van der Waals surface area (Å²) in [5, 5.41) is 0. The molecule has 1 aromatic rings. The van der Waals surface area contributed by atoms with E-state index in [-0.39, 0.29) is 0 Å². The highest BCUT2D eigenvalue weighted by Gasteiger charge is 2.32. The van der Waals surface area contributed by atoms with E-state index in [1.165, 1.54) is 6.07 Å². The molecule has 0 aliphatic carbocycles. The van der Waals surface area contributed by atoms with Crippen molar-refractivity contribution < 1.29 is 13.2 Å². The Morgan fingerprint density at radius 1 is 1.55 bits per heavy atom. The molecule has 4 heteroatoms. The topological polar surface area (TPSA) is 12.9 Å². The summed E-state index contributed by atoms with van der Waals surface area (Å²) in [4.78, 5) is 3.30. The van der Waals surface area contributed by atoms with E-state index in [0.29, 0.717) is 0 Å². The lowest BCUT2D eigenvalue weighted by Gasteiger charge is -2.09. The maximum Gasteiger partial charge on any atom is 0.317 e.